The summed E-state index contributed by atoms with van der Waals surface area (Å²) in [5, 5.41) is 8.78. The third-order valence-corrected chi connectivity index (χ3v) is 4.35. The Morgan fingerprint density at radius 3 is 2.24 bits per heavy atom. The maximum Gasteiger partial charge on any atom is 0.356 e. The molecular weight excluding hydrogens is 270 g/mol. The molecule has 1 aliphatic rings. The van der Waals surface area contributed by atoms with Crippen LogP contribution in [0.15, 0.2) is 12.4 Å². The second kappa shape index (κ2) is 6.65. The van der Waals surface area contributed by atoms with E-state index >= 15 is 0 Å². The molecule has 114 valence electrons. The lowest BCUT2D eigenvalue weighted by Crippen LogP contribution is -2.39. The van der Waals surface area contributed by atoms with Crippen LogP contribution in [0, 0.1) is 5.92 Å². The minimum absolute atomic E-state index is 0.155. The van der Waals surface area contributed by atoms with E-state index in [1.165, 1.54) is 12.6 Å². The van der Waals surface area contributed by atoms with E-state index in [9.17, 15) is 9.59 Å². The lowest BCUT2D eigenvalue weighted by atomic mass is 9.84. The van der Waals surface area contributed by atoms with Crippen LogP contribution in [0.2, 0.25) is 0 Å². The molecule has 1 aromatic heterocycles. The third kappa shape index (κ3) is 3.56. The topological polar surface area (TPSA) is 83.4 Å². The van der Waals surface area contributed by atoms with Gasteiger partial charge < -0.3 is 10.0 Å². The first-order chi connectivity index (χ1) is 10.0. The fourth-order valence-electron chi connectivity index (χ4n) is 2.84. The average molecular weight is 291 g/mol. The summed E-state index contributed by atoms with van der Waals surface area (Å²) in [5.41, 5.74) is 0.0396. The number of carboxylic acids is 1. The number of carbonyl (C=O) groups is 2. The normalized spacial score (nSPS) is 21.8. The second-order valence-corrected chi connectivity index (χ2v) is 5.59. The van der Waals surface area contributed by atoms with Crippen molar-refractivity contribution in [1.29, 1.82) is 0 Å². The first kappa shape index (κ1) is 15.4. The van der Waals surface area contributed by atoms with Crippen molar-refractivity contribution < 1.29 is 14.7 Å². The first-order valence-corrected chi connectivity index (χ1v) is 7.35. The van der Waals surface area contributed by atoms with E-state index in [2.05, 4.69) is 16.9 Å². The fourth-order valence-corrected chi connectivity index (χ4v) is 2.84. The van der Waals surface area contributed by atoms with E-state index < -0.39 is 5.97 Å². The molecule has 1 amide bonds. The zero-order chi connectivity index (χ0) is 15.4. The highest BCUT2D eigenvalue weighted by Crippen LogP contribution is 2.29. The molecular formula is C15H21N3O3. The monoisotopic (exact) mass is 291 g/mol. The molecule has 0 aliphatic heterocycles. The lowest BCUT2D eigenvalue weighted by Gasteiger charge is -2.34. The third-order valence-electron chi connectivity index (χ3n) is 4.35. The number of aromatic carboxylic acids is 1. The van der Waals surface area contributed by atoms with Crippen molar-refractivity contribution in [2.45, 2.75) is 45.1 Å². The molecule has 0 spiro atoms. The zero-order valence-corrected chi connectivity index (χ0v) is 12.5. The van der Waals surface area contributed by atoms with Gasteiger partial charge in [0, 0.05) is 13.1 Å². The summed E-state index contributed by atoms with van der Waals surface area (Å²) in [6.07, 6.45) is 7.90. The van der Waals surface area contributed by atoms with Crippen LogP contribution in [0.5, 0.6) is 0 Å². The molecule has 0 atom stereocenters. The van der Waals surface area contributed by atoms with Gasteiger partial charge in [0.1, 0.15) is 5.69 Å². The minimum atomic E-state index is -1.15. The zero-order valence-electron chi connectivity index (χ0n) is 12.5. The Morgan fingerprint density at radius 2 is 1.76 bits per heavy atom. The molecule has 6 nitrogen and oxygen atoms in total. The SMILES string of the molecule is CCC1CCC(N(C)C(=O)c2cnc(C(=O)O)cn2)CC1. The van der Waals surface area contributed by atoms with Gasteiger partial charge in [0.15, 0.2) is 5.69 Å². The van der Waals surface area contributed by atoms with Crippen molar-refractivity contribution in [3.63, 3.8) is 0 Å². The van der Waals surface area contributed by atoms with Crippen LogP contribution < -0.4 is 0 Å². The van der Waals surface area contributed by atoms with Crippen LogP contribution in [0.4, 0.5) is 0 Å². The highest BCUT2D eigenvalue weighted by Gasteiger charge is 2.27. The summed E-state index contributed by atoms with van der Waals surface area (Å²) < 4.78 is 0. The van der Waals surface area contributed by atoms with Gasteiger partial charge in [-0.2, -0.15) is 0 Å². The van der Waals surface area contributed by atoms with E-state index in [1.807, 2.05) is 0 Å². The van der Waals surface area contributed by atoms with E-state index in [-0.39, 0.29) is 23.3 Å². The maximum absolute atomic E-state index is 12.4. The number of nitrogens with zero attached hydrogens (tertiary/aromatic N) is 3. The van der Waals surface area contributed by atoms with Crippen molar-refractivity contribution in [3.8, 4) is 0 Å². The molecule has 6 heteroatoms. The largest absolute Gasteiger partial charge is 0.476 e. The van der Waals surface area contributed by atoms with Gasteiger partial charge in [0.2, 0.25) is 0 Å². The molecule has 21 heavy (non-hydrogen) atoms. The molecule has 1 fully saturated rings. The maximum atomic E-state index is 12.4. The van der Waals surface area contributed by atoms with Crippen molar-refractivity contribution >= 4 is 11.9 Å². The Balaban J connectivity index is 2.00. The minimum Gasteiger partial charge on any atom is -0.476 e. The number of carbonyl (C=O) groups excluding carboxylic acids is 1. The predicted octanol–water partition coefficient (Wildman–Crippen LogP) is 2.22. The lowest BCUT2D eigenvalue weighted by molar-refractivity contribution is 0.0659. The van der Waals surface area contributed by atoms with Crippen LogP contribution >= 0.6 is 0 Å². The summed E-state index contributed by atoms with van der Waals surface area (Å²) in [5.74, 6) is -0.563. The van der Waals surface area contributed by atoms with Crippen molar-refractivity contribution in [3.05, 3.63) is 23.8 Å². The first-order valence-electron chi connectivity index (χ1n) is 7.35. The number of amides is 1. The quantitative estimate of drug-likeness (QED) is 0.919. The summed E-state index contributed by atoms with van der Waals surface area (Å²) in [6.45, 7) is 2.21. The van der Waals surface area contributed by atoms with Crippen molar-refractivity contribution in [2.24, 2.45) is 5.92 Å². The number of aromatic nitrogens is 2. The number of hydrogen-bond acceptors (Lipinski definition) is 4. The highest BCUT2D eigenvalue weighted by atomic mass is 16.4. The molecule has 0 aromatic carbocycles. The summed E-state index contributed by atoms with van der Waals surface area (Å²) in [6, 6.07) is 0.237. The summed E-state index contributed by atoms with van der Waals surface area (Å²) in [4.78, 5) is 32.5. The number of hydrogen-bond donors (Lipinski definition) is 1. The van der Waals surface area contributed by atoms with Crippen LogP contribution in [-0.2, 0) is 0 Å². The van der Waals surface area contributed by atoms with Crippen LogP contribution in [-0.4, -0.2) is 44.9 Å². The van der Waals surface area contributed by atoms with E-state index in [1.54, 1.807) is 11.9 Å². The standard InChI is InChI=1S/C15H21N3O3/c1-3-10-4-6-11(7-5-10)18(2)14(19)12-8-17-13(9-16-12)15(20)21/h8-11H,3-7H2,1-2H3,(H,20,21). The molecule has 1 saturated carbocycles. The Kier molecular flexibility index (Phi) is 4.88. The van der Waals surface area contributed by atoms with Gasteiger partial charge in [-0.1, -0.05) is 13.3 Å². The number of rotatable bonds is 4. The van der Waals surface area contributed by atoms with E-state index in [0.29, 0.717) is 0 Å². The average Bonchev–Trinajstić information content (AvgIpc) is 2.53. The molecule has 2 rings (SSSR count). The van der Waals surface area contributed by atoms with Gasteiger partial charge >= 0.3 is 5.97 Å². The van der Waals surface area contributed by atoms with Gasteiger partial charge in [-0.05, 0) is 31.6 Å². The smallest absolute Gasteiger partial charge is 0.356 e. The second-order valence-electron chi connectivity index (χ2n) is 5.59. The van der Waals surface area contributed by atoms with Crippen molar-refractivity contribution in [2.75, 3.05) is 7.05 Å². The molecule has 1 N–H and O–H groups in total. The highest BCUT2D eigenvalue weighted by molar-refractivity contribution is 5.92. The molecule has 0 radical (unpaired) electrons. The summed E-state index contributed by atoms with van der Waals surface area (Å²) >= 11 is 0. The molecule has 0 saturated heterocycles. The van der Waals surface area contributed by atoms with E-state index in [0.717, 1.165) is 37.8 Å². The van der Waals surface area contributed by atoms with E-state index in [4.69, 9.17) is 5.11 Å². The Morgan fingerprint density at radius 1 is 1.19 bits per heavy atom. The van der Waals surface area contributed by atoms with Crippen LogP contribution in [0.25, 0.3) is 0 Å². The Labute approximate surface area is 124 Å². The molecule has 1 heterocycles. The van der Waals surface area contributed by atoms with Gasteiger partial charge in [-0.3, -0.25) is 4.79 Å². The van der Waals surface area contributed by atoms with Gasteiger partial charge in [0.25, 0.3) is 5.91 Å². The summed E-state index contributed by atoms with van der Waals surface area (Å²) in [7, 11) is 1.78. The van der Waals surface area contributed by atoms with Gasteiger partial charge in [-0.15, -0.1) is 0 Å². The Hall–Kier alpha value is -1.98. The van der Waals surface area contributed by atoms with Gasteiger partial charge in [0.05, 0.1) is 12.4 Å². The molecule has 1 aromatic rings. The predicted molar refractivity (Wildman–Crippen MR) is 77.1 cm³/mol. The Bertz CT molecular complexity index is 507. The van der Waals surface area contributed by atoms with Crippen molar-refractivity contribution in [1.82, 2.24) is 14.9 Å². The van der Waals surface area contributed by atoms with Gasteiger partial charge in [-0.25, -0.2) is 14.8 Å². The number of carboxylic acid groups (broad SMARTS) is 1. The van der Waals surface area contributed by atoms with Crippen LogP contribution in [0.3, 0.4) is 0 Å². The van der Waals surface area contributed by atoms with Crippen LogP contribution in [0.1, 0.15) is 60.0 Å². The fraction of sp³-hybridized carbons (Fsp3) is 0.600. The molecule has 1 aliphatic carbocycles. The molecule has 0 unspecified atom stereocenters. The molecule has 0 bridgehead atoms.